The number of pyridine rings is 1. The number of hydrogen-bond donors (Lipinski definition) is 2. The molecule has 2 aromatic rings. The van der Waals surface area contributed by atoms with Gasteiger partial charge in [-0.2, -0.15) is 0 Å². The number of H-pyrrole nitrogens is 1. The first-order chi connectivity index (χ1) is 6.35. The average molecular weight is 175 g/mol. The number of carbonyl (C=O) groups excluding carboxylic acids is 1. The molecule has 0 aliphatic rings. The van der Waals surface area contributed by atoms with Gasteiger partial charge in [-0.1, -0.05) is 0 Å². The molecule has 4 heteroatoms. The normalized spacial score (nSPS) is 10.5. The zero-order valence-electron chi connectivity index (χ0n) is 6.95. The van der Waals surface area contributed by atoms with Crippen molar-refractivity contribution in [1.29, 1.82) is 0 Å². The van der Waals surface area contributed by atoms with E-state index in [1.807, 2.05) is 12.1 Å². The molecule has 2 heterocycles. The summed E-state index contributed by atoms with van der Waals surface area (Å²) in [5.41, 5.74) is 7.59. The number of rotatable bonds is 2. The lowest BCUT2D eigenvalue weighted by Crippen LogP contribution is -1.98. The van der Waals surface area contributed by atoms with Crippen LogP contribution >= 0.6 is 0 Å². The molecule has 0 aliphatic heterocycles. The Bertz CT molecular complexity index is 447. The Kier molecular flexibility index (Phi) is 1.83. The van der Waals surface area contributed by atoms with E-state index in [0.29, 0.717) is 17.8 Å². The van der Waals surface area contributed by atoms with Crippen molar-refractivity contribution in [2.75, 3.05) is 0 Å². The number of nitrogens with two attached hydrogens (primary N) is 1. The van der Waals surface area contributed by atoms with Gasteiger partial charge in [0.1, 0.15) is 5.65 Å². The van der Waals surface area contributed by atoms with E-state index >= 15 is 0 Å². The van der Waals surface area contributed by atoms with E-state index in [4.69, 9.17) is 5.73 Å². The highest BCUT2D eigenvalue weighted by atomic mass is 16.1. The molecule has 0 fully saturated rings. The minimum atomic E-state index is 0.408. The molecule has 0 aromatic carbocycles. The third kappa shape index (κ3) is 1.21. The minimum absolute atomic E-state index is 0.408. The molecule has 13 heavy (non-hydrogen) atoms. The fraction of sp³-hybridized carbons (Fsp3) is 0.111. The van der Waals surface area contributed by atoms with E-state index in [2.05, 4.69) is 9.97 Å². The maximum absolute atomic E-state index is 10.6. The van der Waals surface area contributed by atoms with E-state index in [1.165, 1.54) is 0 Å². The topological polar surface area (TPSA) is 71.8 Å². The van der Waals surface area contributed by atoms with Gasteiger partial charge >= 0.3 is 0 Å². The van der Waals surface area contributed by atoms with Crippen LogP contribution in [-0.4, -0.2) is 16.3 Å². The predicted octanol–water partition coefficient (Wildman–Crippen LogP) is 0.834. The second-order valence-electron chi connectivity index (χ2n) is 2.76. The third-order valence-corrected chi connectivity index (χ3v) is 1.96. The summed E-state index contributed by atoms with van der Waals surface area (Å²) in [5.74, 6) is 0. The number of nitrogens with zero attached hydrogens (tertiary/aromatic N) is 1. The molecule has 4 nitrogen and oxygen atoms in total. The van der Waals surface area contributed by atoms with Crippen LogP contribution in [-0.2, 0) is 6.54 Å². The van der Waals surface area contributed by atoms with E-state index in [0.717, 1.165) is 17.4 Å². The molecule has 0 aliphatic carbocycles. The largest absolute Gasteiger partial charge is 0.345 e. The van der Waals surface area contributed by atoms with Crippen LogP contribution < -0.4 is 5.73 Å². The van der Waals surface area contributed by atoms with Gasteiger partial charge < -0.3 is 10.7 Å². The van der Waals surface area contributed by atoms with Crippen LogP contribution in [0.2, 0.25) is 0 Å². The maximum atomic E-state index is 10.6. The summed E-state index contributed by atoms with van der Waals surface area (Å²) < 4.78 is 0. The van der Waals surface area contributed by atoms with Crippen LogP contribution in [0.4, 0.5) is 0 Å². The number of carbonyl (C=O) groups is 1. The molecule has 0 atom stereocenters. The number of aromatic amines is 1. The number of aromatic nitrogens is 2. The van der Waals surface area contributed by atoms with Crippen molar-refractivity contribution >= 4 is 17.3 Å². The van der Waals surface area contributed by atoms with Crippen LogP contribution in [0, 0.1) is 0 Å². The number of nitrogens with one attached hydrogen (secondary N) is 1. The van der Waals surface area contributed by atoms with Crippen molar-refractivity contribution in [1.82, 2.24) is 9.97 Å². The standard InChI is InChI=1S/C9H9N3O/c10-3-7-1-2-8-6(5-13)4-11-9(8)12-7/h1-2,4-5H,3,10H2,(H,11,12). The van der Waals surface area contributed by atoms with Crippen molar-refractivity contribution in [3.05, 3.63) is 29.6 Å². The zero-order chi connectivity index (χ0) is 9.26. The van der Waals surface area contributed by atoms with Crippen molar-refractivity contribution in [2.24, 2.45) is 5.73 Å². The molecule has 0 amide bonds. The molecule has 66 valence electrons. The highest BCUT2D eigenvalue weighted by Gasteiger charge is 2.03. The fourth-order valence-electron chi connectivity index (χ4n) is 1.28. The monoisotopic (exact) mass is 175 g/mol. The average Bonchev–Trinajstić information content (AvgIpc) is 2.59. The summed E-state index contributed by atoms with van der Waals surface area (Å²) in [4.78, 5) is 17.7. The second kappa shape index (κ2) is 2.99. The number of hydrogen-bond acceptors (Lipinski definition) is 3. The Labute approximate surface area is 74.8 Å². The molecule has 0 radical (unpaired) electrons. The third-order valence-electron chi connectivity index (χ3n) is 1.96. The maximum Gasteiger partial charge on any atom is 0.152 e. The van der Waals surface area contributed by atoms with Crippen LogP contribution in [0.1, 0.15) is 16.1 Å². The number of fused-ring (bicyclic) bond motifs is 1. The summed E-state index contributed by atoms with van der Waals surface area (Å²) >= 11 is 0. The molecule has 0 spiro atoms. The van der Waals surface area contributed by atoms with Gasteiger partial charge in [0.2, 0.25) is 0 Å². The smallest absolute Gasteiger partial charge is 0.152 e. The van der Waals surface area contributed by atoms with Gasteiger partial charge in [-0.05, 0) is 12.1 Å². The van der Waals surface area contributed by atoms with Gasteiger partial charge in [0.15, 0.2) is 6.29 Å². The van der Waals surface area contributed by atoms with Crippen molar-refractivity contribution in [2.45, 2.75) is 6.54 Å². The van der Waals surface area contributed by atoms with Gasteiger partial charge in [-0.3, -0.25) is 4.79 Å². The lowest BCUT2D eigenvalue weighted by molar-refractivity contribution is 0.112. The molecule has 0 saturated heterocycles. The molecule has 0 unspecified atom stereocenters. The Morgan fingerprint density at radius 2 is 2.38 bits per heavy atom. The molecule has 0 saturated carbocycles. The van der Waals surface area contributed by atoms with Gasteiger partial charge in [0.25, 0.3) is 0 Å². The van der Waals surface area contributed by atoms with E-state index in [1.54, 1.807) is 6.20 Å². The molecule has 0 bridgehead atoms. The lowest BCUT2D eigenvalue weighted by Gasteiger charge is -1.95. The minimum Gasteiger partial charge on any atom is -0.345 e. The molecular weight excluding hydrogens is 166 g/mol. The van der Waals surface area contributed by atoms with Gasteiger partial charge in [-0.15, -0.1) is 0 Å². The van der Waals surface area contributed by atoms with Crippen LogP contribution in [0.3, 0.4) is 0 Å². The molecular formula is C9H9N3O. The summed E-state index contributed by atoms with van der Waals surface area (Å²) in [6.07, 6.45) is 2.45. The predicted molar refractivity (Wildman–Crippen MR) is 49.4 cm³/mol. The summed E-state index contributed by atoms with van der Waals surface area (Å²) in [5, 5.41) is 0.840. The van der Waals surface area contributed by atoms with Crippen molar-refractivity contribution < 1.29 is 4.79 Å². The van der Waals surface area contributed by atoms with Crippen LogP contribution in [0.25, 0.3) is 11.0 Å². The Morgan fingerprint density at radius 3 is 3.08 bits per heavy atom. The Morgan fingerprint density at radius 1 is 1.54 bits per heavy atom. The second-order valence-corrected chi connectivity index (χ2v) is 2.76. The number of aldehydes is 1. The van der Waals surface area contributed by atoms with Gasteiger partial charge in [0.05, 0.1) is 5.69 Å². The van der Waals surface area contributed by atoms with Gasteiger partial charge in [-0.25, -0.2) is 4.98 Å². The fourth-order valence-corrected chi connectivity index (χ4v) is 1.28. The highest BCUT2D eigenvalue weighted by Crippen LogP contribution is 2.14. The van der Waals surface area contributed by atoms with Crippen molar-refractivity contribution in [3.63, 3.8) is 0 Å². The van der Waals surface area contributed by atoms with E-state index in [-0.39, 0.29) is 0 Å². The van der Waals surface area contributed by atoms with Gasteiger partial charge in [0, 0.05) is 23.7 Å². The van der Waals surface area contributed by atoms with Crippen molar-refractivity contribution in [3.8, 4) is 0 Å². The molecule has 2 rings (SSSR count). The van der Waals surface area contributed by atoms with E-state index in [9.17, 15) is 4.79 Å². The molecule has 2 aromatic heterocycles. The summed E-state index contributed by atoms with van der Waals surface area (Å²) in [6, 6.07) is 3.67. The lowest BCUT2D eigenvalue weighted by atomic mass is 10.2. The van der Waals surface area contributed by atoms with Crippen LogP contribution in [0.5, 0.6) is 0 Å². The van der Waals surface area contributed by atoms with Crippen LogP contribution in [0.15, 0.2) is 18.3 Å². The zero-order valence-corrected chi connectivity index (χ0v) is 6.95. The van der Waals surface area contributed by atoms with E-state index < -0.39 is 0 Å². The first-order valence-corrected chi connectivity index (χ1v) is 3.97. The summed E-state index contributed by atoms with van der Waals surface area (Å²) in [7, 11) is 0. The molecule has 3 N–H and O–H groups in total. The Hall–Kier alpha value is -1.68. The first-order valence-electron chi connectivity index (χ1n) is 3.97. The summed E-state index contributed by atoms with van der Waals surface area (Å²) in [6.45, 7) is 0.408. The first kappa shape index (κ1) is 7.94. The quantitative estimate of drug-likeness (QED) is 0.664. The Balaban J connectivity index is 2.67. The SMILES string of the molecule is NCc1ccc2c(C=O)c[nH]c2n1. The highest BCUT2D eigenvalue weighted by molar-refractivity contribution is 5.95.